The van der Waals surface area contributed by atoms with Crippen molar-refractivity contribution < 1.29 is 23.1 Å². The Kier molecular flexibility index (Phi) is 3.95. The number of nitrogens with one attached hydrogen (secondary N) is 1. The Balaban J connectivity index is 2.30. The molecule has 106 valence electrons. The number of rotatable bonds is 5. The zero-order chi connectivity index (χ0) is 14.1. The summed E-state index contributed by atoms with van der Waals surface area (Å²) in [6, 6.07) is 1.36. The van der Waals surface area contributed by atoms with E-state index in [9.17, 15) is 18.3 Å². The van der Waals surface area contributed by atoms with E-state index in [1.807, 2.05) is 0 Å². The summed E-state index contributed by atoms with van der Waals surface area (Å²) in [6.45, 7) is -0.246. The van der Waals surface area contributed by atoms with Crippen LogP contribution in [0, 0.1) is 0 Å². The third-order valence-corrected chi connectivity index (χ3v) is 5.90. The van der Waals surface area contributed by atoms with Gasteiger partial charge in [-0.1, -0.05) is 0 Å². The van der Waals surface area contributed by atoms with Gasteiger partial charge in [-0.25, -0.2) is 17.9 Å². The van der Waals surface area contributed by atoms with Gasteiger partial charge in [0, 0.05) is 0 Å². The van der Waals surface area contributed by atoms with Crippen molar-refractivity contribution in [1.82, 2.24) is 4.72 Å². The van der Waals surface area contributed by atoms with Crippen LogP contribution in [0.25, 0.3) is 0 Å². The van der Waals surface area contributed by atoms with Crippen molar-refractivity contribution in [3.05, 3.63) is 16.3 Å². The fraction of sp³-hybridized carbons (Fsp3) is 0.545. The van der Waals surface area contributed by atoms with Gasteiger partial charge in [0.15, 0.2) is 0 Å². The van der Waals surface area contributed by atoms with Crippen LogP contribution in [0.3, 0.4) is 0 Å². The number of hydrogen-bond acceptors (Lipinski definition) is 6. The van der Waals surface area contributed by atoms with E-state index in [0.29, 0.717) is 12.8 Å². The van der Waals surface area contributed by atoms with Crippen molar-refractivity contribution in [2.24, 2.45) is 0 Å². The molecule has 1 aliphatic carbocycles. The quantitative estimate of drug-likeness (QED) is 0.782. The Hall–Kier alpha value is -0.960. The molecule has 0 atom stereocenters. The first-order chi connectivity index (χ1) is 8.94. The summed E-state index contributed by atoms with van der Waals surface area (Å²) >= 11 is 1.01. The standard InChI is InChI=1S/C11H15NO5S2/c1-17-10(14)9-8(3-6-18-9)19(15,16)12-11(7-13)4-2-5-11/h3,6,12-13H,2,4-5,7H2,1H3. The highest BCUT2D eigenvalue weighted by Crippen LogP contribution is 2.34. The molecule has 0 amide bonds. The summed E-state index contributed by atoms with van der Waals surface area (Å²) in [5, 5.41) is 10.8. The summed E-state index contributed by atoms with van der Waals surface area (Å²) in [6.07, 6.45) is 2.07. The van der Waals surface area contributed by atoms with E-state index in [1.54, 1.807) is 0 Å². The average molecular weight is 305 g/mol. The summed E-state index contributed by atoms with van der Waals surface area (Å²) in [5.41, 5.74) is -0.784. The van der Waals surface area contributed by atoms with Gasteiger partial charge in [0.25, 0.3) is 0 Å². The summed E-state index contributed by atoms with van der Waals surface area (Å²) in [4.78, 5) is 11.5. The Bertz CT molecular complexity index is 568. The van der Waals surface area contributed by atoms with Crippen LogP contribution in [0.1, 0.15) is 28.9 Å². The SMILES string of the molecule is COC(=O)c1sccc1S(=O)(=O)NC1(CO)CCC1. The van der Waals surface area contributed by atoms with E-state index in [0.717, 1.165) is 17.8 Å². The van der Waals surface area contributed by atoms with Gasteiger partial charge in [0.05, 0.1) is 19.3 Å². The van der Waals surface area contributed by atoms with Gasteiger partial charge in [-0.15, -0.1) is 11.3 Å². The number of ether oxygens (including phenoxy) is 1. The smallest absolute Gasteiger partial charge is 0.349 e. The second kappa shape index (κ2) is 5.20. The molecule has 6 nitrogen and oxygen atoms in total. The summed E-state index contributed by atoms with van der Waals surface area (Å²) < 4.78 is 31.6. The molecule has 19 heavy (non-hydrogen) atoms. The number of aliphatic hydroxyl groups is 1. The predicted molar refractivity (Wildman–Crippen MR) is 69.6 cm³/mol. The van der Waals surface area contributed by atoms with Gasteiger partial charge in [0.2, 0.25) is 10.0 Å². The zero-order valence-electron chi connectivity index (χ0n) is 10.4. The van der Waals surface area contributed by atoms with Crippen molar-refractivity contribution in [2.75, 3.05) is 13.7 Å². The van der Waals surface area contributed by atoms with Crippen molar-refractivity contribution in [3.8, 4) is 0 Å². The fourth-order valence-electron chi connectivity index (χ4n) is 1.99. The number of thiophene rings is 1. The monoisotopic (exact) mass is 305 g/mol. The van der Waals surface area contributed by atoms with E-state index < -0.39 is 21.5 Å². The van der Waals surface area contributed by atoms with Crippen LogP contribution in [-0.4, -0.2) is 38.7 Å². The first-order valence-electron chi connectivity index (χ1n) is 5.75. The van der Waals surface area contributed by atoms with Gasteiger partial charge < -0.3 is 9.84 Å². The topological polar surface area (TPSA) is 92.7 Å². The molecule has 8 heteroatoms. The maximum Gasteiger partial charge on any atom is 0.349 e. The van der Waals surface area contributed by atoms with E-state index >= 15 is 0 Å². The number of aliphatic hydroxyl groups excluding tert-OH is 1. The van der Waals surface area contributed by atoms with Crippen LogP contribution in [0.2, 0.25) is 0 Å². The van der Waals surface area contributed by atoms with Crippen LogP contribution in [0.4, 0.5) is 0 Å². The van der Waals surface area contributed by atoms with Crippen LogP contribution >= 0.6 is 11.3 Å². The molecule has 1 aromatic rings. The van der Waals surface area contributed by atoms with Crippen LogP contribution in [0.5, 0.6) is 0 Å². The normalized spacial score (nSPS) is 17.8. The third kappa shape index (κ3) is 2.66. The highest BCUT2D eigenvalue weighted by molar-refractivity contribution is 7.89. The molecule has 0 bridgehead atoms. The fourth-order valence-corrected chi connectivity index (χ4v) is 4.77. The van der Waals surface area contributed by atoms with Crippen molar-refractivity contribution in [1.29, 1.82) is 0 Å². The van der Waals surface area contributed by atoms with Crippen molar-refractivity contribution in [2.45, 2.75) is 29.7 Å². The molecule has 0 saturated heterocycles. The Morgan fingerprint density at radius 3 is 2.74 bits per heavy atom. The van der Waals surface area contributed by atoms with Gasteiger partial charge in [-0.3, -0.25) is 0 Å². The molecular weight excluding hydrogens is 290 g/mol. The molecule has 0 spiro atoms. The van der Waals surface area contributed by atoms with Crippen LogP contribution < -0.4 is 4.72 Å². The number of carbonyl (C=O) groups excluding carboxylic acids is 1. The largest absolute Gasteiger partial charge is 0.465 e. The summed E-state index contributed by atoms with van der Waals surface area (Å²) in [7, 11) is -2.63. The Morgan fingerprint density at radius 1 is 1.58 bits per heavy atom. The first kappa shape index (κ1) is 14.4. The Morgan fingerprint density at radius 2 is 2.26 bits per heavy atom. The van der Waals surface area contributed by atoms with Crippen molar-refractivity contribution >= 4 is 27.3 Å². The van der Waals surface area contributed by atoms with Crippen LogP contribution in [-0.2, 0) is 14.8 Å². The van der Waals surface area contributed by atoms with Gasteiger partial charge in [-0.2, -0.15) is 0 Å². The minimum absolute atomic E-state index is 0.0439. The molecule has 0 aromatic carbocycles. The van der Waals surface area contributed by atoms with E-state index in [2.05, 4.69) is 9.46 Å². The van der Waals surface area contributed by atoms with Crippen molar-refractivity contribution in [3.63, 3.8) is 0 Å². The Labute approximate surface area is 115 Å². The second-order valence-electron chi connectivity index (χ2n) is 4.50. The van der Waals surface area contributed by atoms with E-state index in [4.69, 9.17) is 0 Å². The lowest BCUT2D eigenvalue weighted by Gasteiger charge is -2.40. The summed E-state index contributed by atoms with van der Waals surface area (Å²) in [5.74, 6) is -0.679. The molecule has 0 unspecified atom stereocenters. The minimum atomic E-state index is -3.83. The lowest BCUT2D eigenvalue weighted by molar-refractivity contribution is 0.0602. The molecule has 1 fully saturated rings. The van der Waals surface area contributed by atoms with E-state index in [-0.39, 0.29) is 16.4 Å². The minimum Gasteiger partial charge on any atom is -0.465 e. The second-order valence-corrected chi connectivity index (χ2v) is 7.07. The molecule has 1 heterocycles. The first-order valence-corrected chi connectivity index (χ1v) is 8.11. The number of carbonyl (C=O) groups is 1. The van der Waals surface area contributed by atoms with E-state index in [1.165, 1.54) is 18.6 Å². The number of esters is 1. The highest BCUT2D eigenvalue weighted by atomic mass is 32.2. The molecule has 2 N–H and O–H groups in total. The number of methoxy groups -OCH3 is 1. The highest BCUT2D eigenvalue weighted by Gasteiger charge is 2.41. The van der Waals surface area contributed by atoms with Crippen LogP contribution in [0.15, 0.2) is 16.3 Å². The molecule has 2 rings (SSSR count). The van der Waals surface area contributed by atoms with Gasteiger partial charge in [0.1, 0.15) is 9.77 Å². The number of sulfonamides is 1. The molecule has 1 saturated carbocycles. The maximum atomic E-state index is 12.3. The molecule has 0 aliphatic heterocycles. The molecule has 0 radical (unpaired) electrons. The van der Waals surface area contributed by atoms with Gasteiger partial charge >= 0.3 is 5.97 Å². The third-order valence-electron chi connectivity index (χ3n) is 3.25. The lowest BCUT2D eigenvalue weighted by atomic mass is 9.78. The zero-order valence-corrected chi connectivity index (χ0v) is 12.0. The number of hydrogen-bond donors (Lipinski definition) is 2. The lowest BCUT2D eigenvalue weighted by Crippen LogP contribution is -2.56. The molecule has 1 aliphatic rings. The predicted octanol–water partition coefficient (Wildman–Crippen LogP) is 0.728. The van der Waals surface area contributed by atoms with Gasteiger partial charge in [-0.05, 0) is 30.7 Å². The molecule has 1 aromatic heterocycles. The molecular formula is C11H15NO5S2. The average Bonchev–Trinajstić information content (AvgIpc) is 2.83. The maximum absolute atomic E-state index is 12.3.